The van der Waals surface area contributed by atoms with Crippen molar-refractivity contribution in [1.29, 1.82) is 0 Å². The smallest absolute Gasteiger partial charge is 0.291 e. The number of benzene rings is 1. The highest BCUT2D eigenvalue weighted by atomic mass is 32.2. The summed E-state index contributed by atoms with van der Waals surface area (Å²) in [5.41, 5.74) is 5.82. The van der Waals surface area contributed by atoms with E-state index in [0.717, 1.165) is 0 Å². The molecule has 0 atom stereocenters. The van der Waals surface area contributed by atoms with Crippen LogP contribution in [0.25, 0.3) is 0 Å². The van der Waals surface area contributed by atoms with E-state index in [0.29, 0.717) is 16.3 Å². The zero-order valence-corrected chi connectivity index (χ0v) is 13.1. The molecule has 4 N–H and O–H groups in total. The van der Waals surface area contributed by atoms with Gasteiger partial charge >= 0.3 is 0 Å². The fraction of sp³-hybridized carbons (Fsp3) is 0.133. The van der Waals surface area contributed by atoms with E-state index in [1.807, 2.05) is 6.26 Å². The molecule has 0 saturated carbocycles. The maximum absolute atomic E-state index is 12.0. The summed E-state index contributed by atoms with van der Waals surface area (Å²) in [4.78, 5) is 34.3. The number of hydrogen-bond donors (Lipinski definition) is 3. The number of primary amides is 1. The Morgan fingerprint density at radius 3 is 2.35 bits per heavy atom. The van der Waals surface area contributed by atoms with E-state index < -0.39 is 11.8 Å². The summed E-state index contributed by atoms with van der Waals surface area (Å²) < 4.78 is 5.33. The molecule has 0 saturated heterocycles. The summed E-state index contributed by atoms with van der Waals surface area (Å²) >= 11 is 1.40. The van der Waals surface area contributed by atoms with Gasteiger partial charge in [0.15, 0.2) is 10.9 Å². The largest absolute Gasteiger partial charge is 0.445 e. The van der Waals surface area contributed by atoms with Gasteiger partial charge in [-0.15, -0.1) is 0 Å². The van der Waals surface area contributed by atoms with Crippen LogP contribution in [0.4, 0.5) is 5.69 Å². The van der Waals surface area contributed by atoms with Crippen LogP contribution >= 0.6 is 11.8 Å². The average Bonchev–Trinajstić information content (AvgIpc) is 3.02. The molecule has 1 aromatic heterocycles. The molecule has 1 heterocycles. The van der Waals surface area contributed by atoms with Crippen molar-refractivity contribution in [1.82, 2.24) is 5.32 Å². The molecule has 2 rings (SSSR count). The van der Waals surface area contributed by atoms with Crippen molar-refractivity contribution in [3.05, 3.63) is 47.7 Å². The average molecular weight is 333 g/mol. The fourth-order valence-electron chi connectivity index (χ4n) is 1.72. The molecule has 0 radical (unpaired) electrons. The Kier molecular flexibility index (Phi) is 5.42. The normalized spacial score (nSPS) is 10.1. The van der Waals surface area contributed by atoms with Gasteiger partial charge in [-0.25, -0.2) is 0 Å². The molecule has 0 aliphatic heterocycles. The number of amides is 3. The molecule has 0 unspecified atom stereocenters. The van der Waals surface area contributed by atoms with Gasteiger partial charge in [0.05, 0.1) is 6.54 Å². The number of nitrogens with one attached hydrogen (secondary N) is 2. The van der Waals surface area contributed by atoms with Crippen LogP contribution in [0.3, 0.4) is 0 Å². The molecule has 8 heteroatoms. The lowest BCUT2D eigenvalue weighted by atomic mass is 10.2. The molecule has 0 bridgehead atoms. The Labute approximate surface area is 136 Å². The van der Waals surface area contributed by atoms with Crippen LogP contribution in [0, 0.1) is 0 Å². The molecule has 0 fully saturated rings. The number of carbonyl (C=O) groups is 3. The summed E-state index contributed by atoms with van der Waals surface area (Å²) in [6.45, 7) is -0.229. The summed E-state index contributed by atoms with van der Waals surface area (Å²) in [5.74, 6) is -1.21. The van der Waals surface area contributed by atoms with Crippen molar-refractivity contribution in [2.45, 2.75) is 5.09 Å². The first-order valence-corrected chi connectivity index (χ1v) is 7.84. The number of nitrogens with two attached hydrogens (primary N) is 1. The van der Waals surface area contributed by atoms with Crippen molar-refractivity contribution in [2.24, 2.45) is 5.73 Å². The van der Waals surface area contributed by atoms with Crippen LogP contribution in [0.1, 0.15) is 20.9 Å². The minimum Gasteiger partial charge on any atom is -0.445 e. The van der Waals surface area contributed by atoms with Crippen LogP contribution < -0.4 is 16.4 Å². The third-order valence-electron chi connectivity index (χ3n) is 2.83. The molecule has 7 nitrogen and oxygen atoms in total. The van der Waals surface area contributed by atoms with Crippen LogP contribution in [-0.2, 0) is 4.79 Å². The molecular formula is C15H15N3O4S. The van der Waals surface area contributed by atoms with Gasteiger partial charge in [-0.2, -0.15) is 0 Å². The fourth-order valence-corrected chi connectivity index (χ4v) is 2.10. The molecule has 2 aromatic rings. The third-order valence-corrected chi connectivity index (χ3v) is 3.46. The number of furan rings is 1. The standard InChI is InChI=1S/C15H15N3O4S/c1-23-13-7-6-11(22-13)15(21)18-10-4-2-9(3-5-10)14(20)17-8-12(16)19/h2-7H,8H2,1H3,(H2,16,19)(H,17,20)(H,18,21). The van der Waals surface area contributed by atoms with E-state index in [1.54, 1.807) is 24.3 Å². The second-order valence-electron chi connectivity index (χ2n) is 4.50. The highest BCUT2D eigenvalue weighted by molar-refractivity contribution is 7.98. The Hall–Kier alpha value is -2.74. The van der Waals surface area contributed by atoms with Gasteiger partial charge in [0.1, 0.15) is 0 Å². The van der Waals surface area contributed by atoms with Gasteiger partial charge < -0.3 is 20.8 Å². The Bertz CT molecular complexity index is 725. The van der Waals surface area contributed by atoms with E-state index in [1.165, 1.54) is 23.9 Å². The van der Waals surface area contributed by atoms with Crippen molar-refractivity contribution in [2.75, 3.05) is 18.1 Å². The van der Waals surface area contributed by atoms with Crippen LogP contribution in [0.2, 0.25) is 0 Å². The van der Waals surface area contributed by atoms with Gasteiger partial charge in [-0.05, 0) is 42.7 Å². The number of hydrogen-bond acceptors (Lipinski definition) is 5. The third kappa shape index (κ3) is 4.62. The van der Waals surface area contributed by atoms with E-state index >= 15 is 0 Å². The van der Waals surface area contributed by atoms with Crippen molar-refractivity contribution >= 4 is 35.2 Å². The minimum absolute atomic E-state index is 0.206. The van der Waals surface area contributed by atoms with Gasteiger partial charge in [0, 0.05) is 11.3 Å². The molecular weight excluding hydrogens is 318 g/mol. The summed E-state index contributed by atoms with van der Waals surface area (Å²) in [6, 6.07) is 9.52. The first kappa shape index (κ1) is 16.6. The topological polar surface area (TPSA) is 114 Å². The zero-order valence-electron chi connectivity index (χ0n) is 12.3. The van der Waals surface area contributed by atoms with E-state index in [2.05, 4.69) is 10.6 Å². The number of anilines is 1. The number of thioether (sulfide) groups is 1. The van der Waals surface area contributed by atoms with Gasteiger partial charge in [-0.1, -0.05) is 11.8 Å². The lowest BCUT2D eigenvalue weighted by Gasteiger charge is -2.06. The van der Waals surface area contributed by atoms with Crippen LogP contribution in [0.15, 0.2) is 45.9 Å². The maximum atomic E-state index is 12.0. The highest BCUT2D eigenvalue weighted by Crippen LogP contribution is 2.19. The molecule has 23 heavy (non-hydrogen) atoms. The predicted octanol–water partition coefficient (Wildman–Crippen LogP) is 1.47. The molecule has 1 aromatic carbocycles. The minimum atomic E-state index is -0.620. The number of rotatable bonds is 6. The van der Waals surface area contributed by atoms with E-state index in [9.17, 15) is 14.4 Å². The first-order valence-electron chi connectivity index (χ1n) is 6.61. The second-order valence-corrected chi connectivity index (χ2v) is 5.31. The van der Waals surface area contributed by atoms with Gasteiger partial charge in [0.25, 0.3) is 11.8 Å². The molecule has 0 aliphatic rings. The number of carbonyl (C=O) groups excluding carboxylic acids is 3. The van der Waals surface area contributed by atoms with Gasteiger partial charge in [0.2, 0.25) is 5.91 Å². The highest BCUT2D eigenvalue weighted by Gasteiger charge is 2.12. The quantitative estimate of drug-likeness (QED) is 0.693. The first-order chi connectivity index (χ1) is 11.0. The van der Waals surface area contributed by atoms with Crippen LogP contribution in [-0.4, -0.2) is 30.5 Å². The molecule has 0 aliphatic carbocycles. The summed E-state index contributed by atoms with van der Waals surface area (Å²) in [5, 5.41) is 5.69. The monoisotopic (exact) mass is 333 g/mol. The zero-order chi connectivity index (χ0) is 16.8. The van der Waals surface area contributed by atoms with E-state index in [4.69, 9.17) is 10.2 Å². The van der Waals surface area contributed by atoms with E-state index in [-0.39, 0.29) is 18.2 Å². The van der Waals surface area contributed by atoms with Crippen LogP contribution in [0.5, 0.6) is 0 Å². The summed E-state index contributed by atoms with van der Waals surface area (Å²) in [7, 11) is 0. The lowest BCUT2D eigenvalue weighted by Crippen LogP contribution is -2.33. The molecule has 0 spiro atoms. The Morgan fingerprint density at radius 2 is 1.78 bits per heavy atom. The maximum Gasteiger partial charge on any atom is 0.291 e. The van der Waals surface area contributed by atoms with Crippen molar-refractivity contribution < 1.29 is 18.8 Å². The van der Waals surface area contributed by atoms with Crippen molar-refractivity contribution in [3.63, 3.8) is 0 Å². The lowest BCUT2D eigenvalue weighted by molar-refractivity contribution is -0.117. The predicted molar refractivity (Wildman–Crippen MR) is 86.4 cm³/mol. The SMILES string of the molecule is CSc1ccc(C(=O)Nc2ccc(C(=O)NCC(N)=O)cc2)o1. The Balaban J connectivity index is 1.98. The van der Waals surface area contributed by atoms with Gasteiger partial charge in [-0.3, -0.25) is 14.4 Å². The Morgan fingerprint density at radius 1 is 1.09 bits per heavy atom. The molecule has 120 valence electrons. The molecule has 3 amide bonds. The summed E-state index contributed by atoms with van der Waals surface area (Å²) in [6.07, 6.45) is 1.85. The van der Waals surface area contributed by atoms with Crippen molar-refractivity contribution in [3.8, 4) is 0 Å². The second kappa shape index (κ2) is 7.50.